The summed E-state index contributed by atoms with van der Waals surface area (Å²) in [6.07, 6.45) is 6.92. The van der Waals surface area contributed by atoms with Crippen LogP contribution in [0.3, 0.4) is 0 Å². The van der Waals surface area contributed by atoms with Crippen LogP contribution in [0.4, 0.5) is 0 Å². The smallest absolute Gasteiger partial charge is 0.248 e. The predicted molar refractivity (Wildman–Crippen MR) is 30.7 cm³/mol. The lowest BCUT2D eigenvalue weighted by Crippen LogP contribution is -2.11. The summed E-state index contributed by atoms with van der Waals surface area (Å²) in [6, 6.07) is 0. The number of allylic oxidation sites excluding steroid dienone is 2. The third-order valence-corrected chi connectivity index (χ3v) is 0.947. The van der Waals surface area contributed by atoms with Crippen molar-refractivity contribution in [2.45, 2.75) is 0 Å². The molecule has 0 bridgehead atoms. The molecule has 0 saturated heterocycles. The number of carbonyl (C=O) groups excluding carboxylic acids is 1. The standard InChI is InChI=1S/C6H6NO/c7-6(8)5-3-1-2-4-5/h1-4H,(H2,7,8). The van der Waals surface area contributed by atoms with E-state index in [0.29, 0.717) is 5.57 Å². The Bertz CT molecular complexity index is 167. The number of nitrogens with two attached hydrogens (primary N) is 1. The van der Waals surface area contributed by atoms with E-state index in [9.17, 15) is 4.79 Å². The average molecular weight is 108 g/mol. The Balaban J connectivity index is 2.72. The highest BCUT2D eigenvalue weighted by molar-refractivity contribution is 5.95. The van der Waals surface area contributed by atoms with Crippen LogP contribution in [0.25, 0.3) is 0 Å². The van der Waals surface area contributed by atoms with Crippen molar-refractivity contribution < 1.29 is 4.79 Å². The van der Waals surface area contributed by atoms with E-state index in [1.165, 1.54) is 0 Å². The van der Waals surface area contributed by atoms with Gasteiger partial charge in [-0.15, -0.1) is 0 Å². The fraction of sp³-hybridized carbons (Fsp3) is 0. The Kier molecular flexibility index (Phi) is 1.16. The fourth-order valence-corrected chi connectivity index (χ4v) is 0.538. The van der Waals surface area contributed by atoms with Crippen LogP contribution in [0.2, 0.25) is 0 Å². The minimum atomic E-state index is -0.366. The fourth-order valence-electron chi connectivity index (χ4n) is 0.538. The molecule has 41 valence electrons. The van der Waals surface area contributed by atoms with Crippen molar-refractivity contribution in [1.29, 1.82) is 0 Å². The summed E-state index contributed by atoms with van der Waals surface area (Å²) in [5.41, 5.74) is 5.49. The lowest BCUT2D eigenvalue weighted by atomic mass is 10.3. The molecule has 0 fully saturated rings. The molecule has 0 unspecified atom stereocenters. The van der Waals surface area contributed by atoms with Gasteiger partial charge in [-0.3, -0.25) is 4.79 Å². The molecule has 0 heterocycles. The molecule has 0 aliphatic heterocycles. The second-order valence-electron chi connectivity index (χ2n) is 1.54. The summed E-state index contributed by atoms with van der Waals surface area (Å²) < 4.78 is 0. The van der Waals surface area contributed by atoms with Crippen molar-refractivity contribution in [2.75, 3.05) is 0 Å². The van der Waals surface area contributed by atoms with Crippen molar-refractivity contribution in [3.8, 4) is 0 Å². The van der Waals surface area contributed by atoms with Gasteiger partial charge in [0.05, 0.1) is 0 Å². The van der Waals surface area contributed by atoms with Crippen LogP contribution in [-0.2, 0) is 4.79 Å². The molecular formula is C6H6NO. The molecule has 0 saturated carbocycles. The quantitative estimate of drug-likeness (QED) is 0.511. The Hall–Kier alpha value is -1.05. The zero-order valence-corrected chi connectivity index (χ0v) is 4.29. The van der Waals surface area contributed by atoms with E-state index in [4.69, 9.17) is 5.73 Å². The summed E-state index contributed by atoms with van der Waals surface area (Å²) in [5, 5.41) is 0. The first kappa shape index (κ1) is 5.09. The van der Waals surface area contributed by atoms with Crippen LogP contribution in [0, 0.1) is 6.42 Å². The van der Waals surface area contributed by atoms with E-state index in [-0.39, 0.29) is 5.91 Å². The zero-order valence-electron chi connectivity index (χ0n) is 4.29. The molecule has 1 rings (SSSR count). The lowest BCUT2D eigenvalue weighted by Gasteiger charge is -1.84. The molecular weight excluding hydrogens is 102 g/mol. The van der Waals surface area contributed by atoms with Crippen LogP contribution in [0.15, 0.2) is 23.8 Å². The highest BCUT2D eigenvalue weighted by atomic mass is 16.1. The number of hydrogen-bond acceptors (Lipinski definition) is 1. The van der Waals surface area contributed by atoms with E-state index in [1.807, 2.05) is 0 Å². The molecule has 0 aromatic carbocycles. The maximum Gasteiger partial charge on any atom is 0.248 e. The van der Waals surface area contributed by atoms with Crippen molar-refractivity contribution in [2.24, 2.45) is 5.73 Å². The summed E-state index contributed by atoms with van der Waals surface area (Å²) in [4.78, 5) is 10.3. The van der Waals surface area contributed by atoms with Gasteiger partial charge < -0.3 is 5.73 Å². The predicted octanol–water partition coefficient (Wildman–Crippen LogP) is 0.172. The first-order chi connectivity index (χ1) is 3.80. The van der Waals surface area contributed by atoms with Crippen LogP contribution >= 0.6 is 0 Å². The minimum Gasteiger partial charge on any atom is -0.366 e. The molecule has 1 radical (unpaired) electrons. The van der Waals surface area contributed by atoms with E-state index in [1.54, 1.807) is 24.6 Å². The largest absolute Gasteiger partial charge is 0.366 e. The highest BCUT2D eigenvalue weighted by Gasteiger charge is 2.01. The van der Waals surface area contributed by atoms with Crippen molar-refractivity contribution in [3.63, 3.8) is 0 Å². The molecule has 0 spiro atoms. The lowest BCUT2D eigenvalue weighted by molar-refractivity contribution is -0.114. The highest BCUT2D eigenvalue weighted by Crippen LogP contribution is 2.05. The molecule has 1 aliphatic carbocycles. The van der Waals surface area contributed by atoms with Gasteiger partial charge in [0.25, 0.3) is 0 Å². The topological polar surface area (TPSA) is 43.1 Å². The second kappa shape index (κ2) is 1.82. The SMILES string of the molecule is NC(=O)C1=C[CH]C=C1. The van der Waals surface area contributed by atoms with Crippen LogP contribution in [0.5, 0.6) is 0 Å². The number of primary amides is 1. The first-order valence-corrected chi connectivity index (χ1v) is 2.32. The monoisotopic (exact) mass is 108 g/mol. The van der Waals surface area contributed by atoms with Gasteiger partial charge in [0.1, 0.15) is 0 Å². The first-order valence-electron chi connectivity index (χ1n) is 2.32. The van der Waals surface area contributed by atoms with Gasteiger partial charge in [0.15, 0.2) is 0 Å². The van der Waals surface area contributed by atoms with E-state index in [2.05, 4.69) is 0 Å². The Labute approximate surface area is 47.7 Å². The van der Waals surface area contributed by atoms with Crippen molar-refractivity contribution in [3.05, 3.63) is 30.2 Å². The molecule has 1 amide bonds. The van der Waals surface area contributed by atoms with E-state index >= 15 is 0 Å². The summed E-state index contributed by atoms with van der Waals surface area (Å²) in [5.74, 6) is -0.366. The van der Waals surface area contributed by atoms with Crippen molar-refractivity contribution in [1.82, 2.24) is 0 Å². The van der Waals surface area contributed by atoms with Gasteiger partial charge in [0.2, 0.25) is 5.91 Å². The van der Waals surface area contributed by atoms with Crippen LogP contribution in [-0.4, -0.2) is 5.91 Å². The van der Waals surface area contributed by atoms with Crippen LogP contribution < -0.4 is 5.73 Å². The third kappa shape index (κ3) is 0.780. The molecule has 2 N–H and O–H groups in total. The molecule has 0 atom stereocenters. The number of amides is 1. The summed E-state index contributed by atoms with van der Waals surface area (Å²) in [6.45, 7) is 0. The summed E-state index contributed by atoms with van der Waals surface area (Å²) >= 11 is 0. The van der Waals surface area contributed by atoms with E-state index < -0.39 is 0 Å². The molecule has 2 heteroatoms. The van der Waals surface area contributed by atoms with Gasteiger partial charge in [-0.25, -0.2) is 0 Å². The Morgan fingerprint density at radius 1 is 1.62 bits per heavy atom. The number of rotatable bonds is 1. The Morgan fingerprint density at radius 2 is 2.38 bits per heavy atom. The van der Waals surface area contributed by atoms with Crippen LogP contribution in [0.1, 0.15) is 0 Å². The van der Waals surface area contributed by atoms with Gasteiger partial charge in [0, 0.05) is 12.0 Å². The zero-order chi connectivity index (χ0) is 5.98. The molecule has 1 aliphatic rings. The maximum absolute atomic E-state index is 10.3. The Morgan fingerprint density at radius 3 is 2.62 bits per heavy atom. The molecule has 0 aromatic rings. The number of hydrogen-bond donors (Lipinski definition) is 1. The normalized spacial score (nSPS) is 16.2. The van der Waals surface area contributed by atoms with Gasteiger partial charge in [-0.2, -0.15) is 0 Å². The molecule has 0 aromatic heterocycles. The molecule has 2 nitrogen and oxygen atoms in total. The van der Waals surface area contributed by atoms with Gasteiger partial charge >= 0.3 is 0 Å². The molecule has 8 heavy (non-hydrogen) atoms. The maximum atomic E-state index is 10.3. The third-order valence-electron chi connectivity index (χ3n) is 0.947. The minimum absolute atomic E-state index is 0.366. The average Bonchev–Trinajstić information content (AvgIpc) is 2.12. The van der Waals surface area contributed by atoms with Crippen molar-refractivity contribution >= 4 is 5.91 Å². The summed E-state index contributed by atoms with van der Waals surface area (Å²) in [7, 11) is 0. The van der Waals surface area contributed by atoms with Gasteiger partial charge in [-0.05, 0) is 0 Å². The second-order valence-corrected chi connectivity index (χ2v) is 1.54. The number of carbonyl (C=O) groups is 1. The van der Waals surface area contributed by atoms with Gasteiger partial charge in [-0.1, -0.05) is 18.2 Å². The van der Waals surface area contributed by atoms with E-state index in [0.717, 1.165) is 0 Å².